The Morgan fingerprint density at radius 3 is 2.48 bits per heavy atom. The second-order valence-electron chi connectivity index (χ2n) is 6.44. The Bertz CT molecular complexity index is 878. The van der Waals surface area contributed by atoms with E-state index in [0.29, 0.717) is 6.54 Å². The average Bonchev–Trinajstić information content (AvgIpc) is 3.19. The molecule has 0 radical (unpaired) electrons. The van der Waals surface area contributed by atoms with Crippen LogP contribution in [-0.4, -0.2) is 35.4 Å². The molecule has 154 valence electrons. The molecule has 0 spiro atoms. The Hall–Kier alpha value is -2.42. The zero-order valence-corrected chi connectivity index (χ0v) is 18.8. The highest BCUT2D eigenvalue weighted by atomic mass is 127. The number of halogens is 2. The molecular weight excluding hydrogens is 480 g/mol. The molecule has 0 bridgehead atoms. The highest BCUT2D eigenvalue weighted by molar-refractivity contribution is 14.0. The first-order valence-electron chi connectivity index (χ1n) is 9.60. The largest absolute Gasteiger partial charge is 0.357 e. The van der Waals surface area contributed by atoms with E-state index in [-0.39, 0.29) is 29.8 Å². The minimum atomic E-state index is -0.210. The van der Waals surface area contributed by atoms with Crippen LogP contribution in [-0.2, 0) is 12.8 Å². The summed E-state index contributed by atoms with van der Waals surface area (Å²) < 4.78 is 14.8. The van der Waals surface area contributed by atoms with E-state index >= 15 is 0 Å². The lowest BCUT2D eigenvalue weighted by Crippen LogP contribution is -2.38. The van der Waals surface area contributed by atoms with E-state index < -0.39 is 0 Å². The van der Waals surface area contributed by atoms with Gasteiger partial charge in [-0.3, -0.25) is 4.99 Å². The summed E-state index contributed by atoms with van der Waals surface area (Å²) in [6.07, 6.45) is 5.58. The zero-order chi connectivity index (χ0) is 19.6. The van der Waals surface area contributed by atoms with Crippen molar-refractivity contribution in [3.05, 3.63) is 83.9 Å². The van der Waals surface area contributed by atoms with E-state index in [4.69, 9.17) is 0 Å². The molecule has 0 saturated heterocycles. The van der Waals surface area contributed by atoms with E-state index in [9.17, 15) is 4.39 Å². The Morgan fingerprint density at radius 2 is 1.76 bits per heavy atom. The van der Waals surface area contributed by atoms with Crippen LogP contribution in [0.15, 0.2) is 72.0 Å². The maximum atomic E-state index is 13.0. The Kier molecular flexibility index (Phi) is 9.63. The van der Waals surface area contributed by atoms with Gasteiger partial charge in [-0.2, -0.15) is 5.10 Å². The van der Waals surface area contributed by atoms with Crippen molar-refractivity contribution in [2.45, 2.75) is 19.8 Å². The van der Waals surface area contributed by atoms with Crippen molar-refractivity contribution < 1.29 is 4.39 Å². The molecule has 3 aromatic rings. The maximum absolute atomic E-state index is 13.0. The summed E-state index contributed by atoms with van der Waals surface area (Å²) in [4.78, 5) is 4.59. The molecule has 0 aliphatic heterocycles. The molecule has 0 amide bonds. The number of aromatic nitrogens is 2. The van der Waals surface area contributed by atoms with Crippen molar-refractivity contribution in [2.24, 2.45) is 4.99 Å². The summed E-state index contributed by atoms with van der Waals surface area (Å²) in [6.45, 7) is 4.26. The minimum Gasteiger partial charge on any atom is -0.357 e. The Balaban J connectivity index is 0.00000300. The predicted molar refractivity (Wildman–Crippen MR) is 127 cm³/mol. The molecule has 3 rings (SSSR count). The summed E-state index contributed by atoms with van der Waals surface area (Å²) in [5.41, 5.74) is 3.30. The third kappa shape index (κ3) is 7.49. The van der Waals surface area contributed by atoms with E-state index in [1.54, 1.807) is 12.1 Å². The highest BCUT2D eigenvalue weighted by Gasteiger charge is 2.02. The third-order valence-corrected chi connectivity index (χ3v) is 4.29. The molecule has 5 nitrogen and oxygen atoms in total. The van der Waals surface area contributed by atoms with Crippen molar-refractivity contribution in [3.8, 4) is 5.69 Å². The van der Waals surface area contributed by atoms with Gasteiger partial charge in [-0.15, -0.1) is 24.0 Å². The van der Waals surface area contributed by atoms with E-state index in [1.807, 2.05) is 48.1 Å². The molecule has 0 atom stereocenters. The summed E-state index contributed by atoms with van der Waals surface area (Å²) >= 11 is 0. The van der Waals surface area contributed by atoms with Crippen LogP contribution in [0.3, 0.4) is 0 Å². The number of benzene rings is 2. The molecule has 2 N–H and O–H groups in total. The lowest BCUT2D eigenvalue weighted by atomic mass is 10.1. The van der Waals surface area contributed by atoms with Crippen molar-refractivity contribution in [1.82, 2.24) is 20.4 Å². The van der Waals surface area contributed by atoms with Crippen LogP contribution in [0.5, 0.6) is 0 Å². The topological polar surface area (TPSA) is 54.2 Å². The first kappa shape index (κ1) is 22.9. The molecule has 0 aliphatic rings. The fraction of sp³-hybridized carbons (Fsp3) is 0.273. The first-order valence-corrected chi connectivity index (χ1v) is 9.60. The predicted octanol–water partition coefficient (Wildman–Crippen LogP) is 3.97. The fourth-order valence-electron chi connectivity index (χ4n) is 2.83. The molecule has 0 unspecified atom stereocenters. The van der Waals surface area contributed by atoms with Crippen LogP contribution in [0.25, 0.3) is 5.69 Å². The maximum Gasteiger partial charge on any atom is 0.191 e. The normalized spacial score (nSPS) is 11.0. The number of aliphatic imine (C=N–C) groups is 1. The van der Waals surface area contributed by atoms with Gasteiger partial charge in [0.25, 0.3) is 0 Å². The van der Waals surface area contributed by atoms with E-state index in [2.05, 4.69) is 26.9 Å². The molecule has 1 aromatic heterocycles. The number of nitrogens with zero attached hydrogens (tertiary/aromatic N) is 3. The van der Waals surface area contributed by atoms with Crippen LogP contribution >= 0.6 is 24.0 Å². The summed E-state index contributed by atoms with van der Waals surface area (Å²) in [5.74, 6) is 0.581. The van der Waals surface area contributed by atoms with Crippen molar-refractivity contribution in [1.29, 1.82) is 0 Å². The molecule has 1 heterocycles. The number of guanidine groups is 1. The molecule has 29 heavy (non-hydrogen) atoms. The monoisotopic (exact) mass is 507 g/mol. The summed E-state index contributed by atoms with van der Waals surface area (Å²) in [7, 11) is 0. The van der Waals surface area contributed by atoms with Crippen LogP contribution < -0.4 is 10.6 Å². The van der Waals surface area contributed by atoms with Crippen molar-refractivity contribution >= 4 is 29.9 Å². The fourth-order valence-corrected chi connectivity index (χ4v) is 2.83. The van der Waals surface area contributed by atoms with Crippen LogP contribution in [0.4, 0.5) is 4.39 Å². The van der Waals surface area contributed by atoms with Gasteiger partial charge < -0.3 is 10.6 Å². The average molecular weight is 507 g/mol. The van der Waals surface area contributed by atoms with E-state index in [1.165, 1.54) is 17.7 Å². The SMILES string of the molecule is CCNC(=NCCc1ccc(F)cc1)NCCc1cnn(-c2ccccc2)c1.I. The third-order valence-electron chi connectivity index (χ3n) is 4.29. The van der Waals surface area contributed by atoms with Gasteiger partial charge in [-0.05, 0) is 55.2 Å². The number of para-hydroxylation sites is 1. The van der Waals surface area contributed by atoms with Crippen molar-refractivity contribution in [2.75, 3.05) is 19.6 Å². The second-order valence-corrected chi connectivity index (χ2v) is 6.44. The summed E-state index contributed by atoms with van der Waals surface area (Å²) in [5, 5.41) is 11.0. The Morgan fingerprint density at radius 1 is 1.00 bits per heavy atom. The molecule has 0 fully saturated rings. The van der Waals surface area contributed by atoms with Gasteiger partial charge in [-0.25, -0.2) is 9.07 Å². The van der Waals surface area contributed by atoms with Gasteiger partial charge in [0.15, 0.2) is 5.96 Å². The minimum absolute atomic E-state index is 0. The van der Waals surface area contributed by atoms with Gasteiger partial charge in [0.1, 0.15) is 5.82 Å². The zero-order valence-electron chi connectivity index (χ0n) is 16.5. The molecule has 0 saturated carbocycles. The first-order chi connectivity index (χ1) is 13.7. The quantitative estimate of drug-likeness (QED) is 0.276. The smallest absolute Gasteiger partial charge is 0.191 e. The lowest BCUT2D eigenvalue weighted by Gasteiger charge is -2.10. The second kappa shape index (κ2) is 12.2. The van der Waals surface area contributed by atoms with Crippen LogP contribution in [0.1, 0.15) is 18.1 Å². The van der Waals surface area contributed by atoms with E-state index in [0.717, 1.165) is 43.1 Å². The molecule has 2 aromatic carbocycles. The number of hydrogen-bond acceptors (Lipinski definition) is 2. The summed E-state index contributed by atoms with van der Waals surface area (Å²) in [6, 6.07) is 16.6. The van der Waals surface area contributed by atoms with Crippen LogP contribution in [0.2, 0.25) is 0 Å². The number of hydrogen-bond donors (Lipinski definition) is 2. The molecule has 7 heteroatoms. The molecular formula is C22H27FIN5. The standard InChI is InChI=1S/C22H26FN5.HI/c1-2-24-22(25-14-12-18-8-10-20(23)11-9-18)26-15-13-19-16-27-28(17-19)21-6-4-3-5-7-21;/h3-11,16-17H,2,12-15H2,1H3,(H2,24,25,26);1H. The highest BCUT2D eigenvalue weighted by Crippen LogP contribution is 2.08. The van der Waals surface area contributed by atoms with Gasteiger partial charge in [0, 0.05) is 25.8 Å². The van der Waals surface area contributed by atoms with Crippen molar-refractivity contribution in [3.63, 3.8) is 0 Å². The Labute approximate surface area is 188 Å². The van der Waals surface area contributed by atoms with Gasteiger partial charge in [-0.1, -0.05) is 30.3 Å². The van der Waals surface area contributed by atoms with Gasteiger partial charge in [0.05, 0.1) is 11.9 Å². The number of nitrogens with one attached hydrogen (secondary N) is 2. The molecule has 0 aliphatic carbocycles. The van der Waals surface area contributed by atoms with Crippen LogP contribution in [0, 0.1) is 5.82 Å². The van der Waals surface area contributed by atoms with Gasteiger partial charge >= 0.3 is 0 Å². The number of rotatable bonds is 8. The lowest BCUT2D eigenvalue weighted by molar-refractivity contribution is 0.627. The van der Waals surface area contributed by atoms with Gasteiger partial charge in [0.2, 0.25) is 0 Å².